The van der Waals surface area contributed by atoms with E-state index in [4.69, 9.17) is 0 Å². The van der Waals surface area contributed by atoms with Gasteiger partial charge in [-0.25, -0.2) is 0 Å². The monoisotopic (exact) mass is 204 g/mol. The molecule has 4 heteroatoms. The minimum atomic E-state index is -3.47. The second kappa shape index (κ2) is 6.86. The topological polar surface area (TPSA) is 43.4 Å². The Morgan fingerprint density at radius 3 is 2.38 bits per heavy atom. The lowest BCUT2D eigenvalue weighted by Crippen LogP contribution is -2.02. The Hall–Kier alpha value is -0.610. The van der Waals surface area contributed by atoms with Gasteiger partial charge in [0.15, 0.2) is 0 Å². The van der Waals surface area contributed by atoms with Crippen LogP contribution in [0.25, 0.3) is 0 Å². The molecule has 0 aliphatic rings. The molecular formula is C9H16O3S. The first-order valence-corrected chi connectivity index (χ1v) is 5.72. The fourth-order valence-corrected chi connectivity index (χ4v) is 1.24. The van der Waals surface area contributed by atoms with E-state index < -0.39 is 10.1 Å². The summed E-state index contributed by atoms with van der Waals surface area (Å²) in [6, 6.07) is 0. The highest BCUT2D eigenvalue weighted by Crippen LogP contribution is 2.02. The molecule has 0 radical (unpaired) electrons. The van der Waals surface area contributed by atoms with Gasteiger partial charge in [0.05, 0.1) is 12.0 Å². The quantitative estimate of drug-likeness (QED) is 0.346. The van der Waals surface area contributed by atoms with Gasteiger partial charge in [-0.1, -0.05) is 19.1 Å². The van der Waals surface area contributed by atoms with Crippen LogP contribution in [-0.4, -0.2) is 15.0 Å². The largest absolute Gasteiger partial charge is 0.289 e. The normalized spacial score (nSPS) is 11.1. The van der Waals surface area contributed by atoms with Gasteiger partial charge >= 0.3 is 0 Å². The number of allylic oxidation sites excluding steroid dienone is 1. The SMILES string of the molecule is C=CCCCCCOS(=O)(=O)C=C. The summed E-state index contributed by atoms with van der Waals surface area (Å²) in [7, 11) is -3.47. The molecule has 13 heavy (non-hydrogen) atoms. The summed E-state index contributed by atoms with van der Waals surface area (Å²) in [4.78, 5) is 0. The van der Waals surface area contributed by atoms with Gasteiger partial charge < -0.3 is 0 Å². The molecule has 0 bridgehead atoms. The van der Waals surface area contributed by atoms with Crippen molar-refractivity contribution >= 4 is 10.1 Å². The van der Waals surface area contributed by atoms with Crippen LogP contribution in [0.5, 0.6) is 0 Å². The van der Waals surface area contributed by atoms with E-state index in [1.807, 2.05) is 6.08 Å². The summed E-state index contributed by atoms with van der Waals surface area (Å²) in [5, 5.41) is 0.816. The minimum absolute atomic E-state index is 0.242. The first kappa shape index (κ1) is 12.4. The smallest absolute Gasteiger partial charge is 0.267 e. The van der Waals surface area contributed by atoms with Crippen molar-refractivity contribution < 1.29 is 12.6 Å². The lowest BCUT2D eigenvalue weighted by Gasteiger charge is -2.00. The van der Waals surface area contributed by atoms with Gasteiger partial charge in [-0.2, -0.15) is 8.42 Å². The van der Waals surface area contributed by atoms with Crippen molar-refractivity contribution in [2.45, 2.75) is 25.7 Å². The van der Waals surface area contributed by atoms with Crippen LogP contribution in [0.4, 0.5) is 0 Å². The summed E-state index contributed by atoms with van der Waals surface area (Å²) in [6.45, 7) is 6.97. The van der Waals surface area contributed by atoms with E-state index in [-0.39, 0.29) is 6.61 Å². The third-order valence-corrected chi connectivity index (χ3v) is 2.41. The molecule has 0 heterocycles. The maximum absolute atomic E-state index is 10.7. The molecule has 3 nitrogen and oxygen atoms in total. The van der Waals surface area contributed by atoms with E-state index in [1.54, 1.807) is 0 Å². The molecule has 0 amide bonds. The summed E-state index contributed by atoms with van der Waals surface area (Å²) in [5.41, 5.74) is 0. The molecule has 0 aromatic heterocycles. The number of hydrogen-bond acceptors (Lipinski definition) is 3. The zero-order valence-corrected chi connectivity index (χ0v) is 8.55. The fraction of sp³-hybridized carbons (Fsp3) is 0.556. The molecule has 0 saturated carbocycles. The molecule has 0 aromatic rings. The highest BCUT2D eigenvalue weighted by molar-refractivity contribution is 7.89. The van der Waals surface area contributed by atoms with Crippen LogP contribution in [-0.2, 0) is 14.3 Å². The van der Waals surface area contributed by atoms with E-state index in [2.05, 4.69) is 17.3 Å². The minimum Gasteiger partial charge on any atom is -0.267 e. The van der Waals surface area contributed by atoms with Gasteiger partial charge in [0.25, 0.3) is 10.1 Å². The fourth-order valence-electron chi connectivity index (χ4n) is 0.791. The maximum atomic E-state index is 10.7. The molecular weight excluding hydrogens is 188 g/mol. The predicted molar refractivity (Wildman–Crippen MR) is 53.7 cm³/mol. The molecule has 0 unspecified atom stereocenters. The van der Waals surface area contributed by atoms with Crippen LogP contribution in [0.1, 0.15) is 25.7 Å². The molecule has 0 spiro atoms. The van der Waals surface area contributed by atoms with Crippen molar-refractivity contribution in [1.29, 1.82) is 0 Å². The third kappa shape index (κ3) is 7.74. The van der Waals surface area contributed by atoms with E-state index in [1.165, 1.54) is 0 Å². The van der Waals surface area contributed by atoms with Crippen molar-refractivity contribution in [1.82, 2.24) is 0 Å². The summed E-state index contributed by atoms with van der Waals surface area (Å²) < 4.78 is 26.1. The molecule has 0 atom stereocenters. The molecule has 0 aromatic carbocycles. The Balaban J connectivity index is 3.36. The lowest BCUT2D eigenvalue weighted by molar-refractivity contribution is 0.313. The maximum Gasteiger partial charge on any atom is 0.289 e. The van der Waals surface area contributed by atoms with Crippen LogP contribution in [0.2, 0.25) is 0 Å². The summed E-state index contributed by atoms with van der Waals surface area (Å²) >= 11 is 0. The third-order valence-electron chi connectivity index (χ3n) is 1.50. The number of hydrogen-bond donors (Lipinski definition) is 0. The molecule has 0 rings (SSSR count). The molecule has 0 fully saturated rings. The molecule has 76 valence electrons. The predicted octanol–water partition coefficient (Wildman–Crippen LogP) is 2.22. The van der Waals surface area contributed by atoms with Crippen molar-refractivity contribution in [2.75, 3.05) is 6.61 Å². The summed E-state index contributed by atoms with van der Waals surface area (Å²) in [6.07, 6.45) is 5.55. The van der Waals surface area contributed by atoms with Crippen molar-refractivity contribution in [3.63, 3.8) is 0 Å². The van der Waals surface area contributed by atoms with E-state index in [0.717, 1.165) is 31.1 Å². The van der Waals surface area contributed by atoms with Crippen LogP contribution < -0.4 is 0 Å². The van der Waals surface area contributed by atoms with Crippen LogP contribution in [0.3, 0.4) is 0 Å². The van der Waals surface area contributed by atoms with Gasteiger partial charge in [-0.15, -0.1) is 6.58 Å². The molecule has 0 saturated heterocycles. The molecule has 0 aliphatic carbocycles. The van der Waals surface area contributed by atoms with Crippen molar-refractivity contribution in [3.05, 3.63) is 24.6 Å². The Bertz CT molecular complexity index is 242. The first-order chi connectivity index (χ1) is 6.12. The zero-order chi connectivity index (χ0) is 10.2. The number of rotatable bonds is 8. The second-order valence-electron chi connectivity index (χ2n) is 2.62. The highest BCUT2D eigenvalue weighted by Gasteiger charge is 2.02. The average Bonchev–Trinajstić information content (AvgIpc) is 2.11. The Morgan fingerprint density at radius 2 is 1.85 bits per heavy atom. The van der Waals surface area contributed by atoms with Gasteiger partial charge in [0.2, 0.25) is 0 Å². The Kier molecular flexibility index (Phi) is 6.54. The van der Waals surface area contributed by atoms with Crippen LogP contribution in [0, 0.1) is 0 Å². The molecule has 0 aliphatic heterocycles. The second-order valence-corrected chi connectivity index (χ2v) is 4.17. The van der Waals surface area contributed by atoms with E-state index in [9.17, 15) is 8.42 Å². The van der Waals surface area contributed by atoms with Gasteiger partial charge in [0.1, 0.15) is 0 Å². The lowest BCUT2D eigenvalue weighted by atomic mass is 10.2. The zero-order valence-electron chi connectivity index (χ0n) is 7.74. The number of unbranched alkanes of at least 4 members (excludes halogenated alkanes) is 3. The average molecular weight is 204 g/mol. The van der Waals surface area contributed by atoms with Gasteiger partial charge in [-0.05, 0) is 19.3 Å². The van der Waals surface area contributed by atoms with Gasteiger partial charge in [0, 0.05) is 0 Å². The van der Waals surface area contributed by atoms with E-state index in [0.29, 0.717) is 0 Å². The summed E-state index contributed by atoms with van der Waals surface area (Å²) in [5.74, 6) is 0. The van der Waals surface area contributed by atoms with Crippen molar-refractivity contribution in [2.24, 2.45) is 0 Å². The van der Waals surface area contributed by atoms with Crippen LogP contribution >= 0.6 is 0 Å². The van der Waals surface area contributed by atoms with E-state index >= 15 is 0 Å². The van der Waals surface area contributed by atoms with Gasteiger partial charge in [-0.3, -0.25) is 4.18 Å². The van der Waals surface area contributed by atoms with Crippen LogP contribution in [0.15, 0.2) is 24.6 Å². The standard InChI is InChI=1S/C9H16O3S/c1-3-5-6-7-8-9-12-13(10,11)4-2/h3-4H,1-2,5-9H2. The Labute approximate surface area is 80.2 Å². The first-order valence-electron chi connectivity index (χ1n) is 4.25. The van der Waals surface area contributed by atoms with Crippen molar-refractivity contribution in [3.8, 4) is 0 Å². The Morgan fingerprint density at radius 1 is 1.15 bits per heavy atom. The molecule has 0 N–H and O–H groups in total. The highest BCUT2D eigenvalue weighted by atomic mass is 32.2.